The Bertz CT molecular complexity index is 1770. The lowest BCUT2D eigenvalue weighted by Crippen LogP contribution is -2.18. The first kappa shape index (κ1) is 30.0. The van der Waals surface area contributed by atoms with Crippen LogP contribution in [-0.4, -0.2) is 46.7 Å². The van der Waals surface area contributed by atoms with E-state index >= 15 is 0 Å². The number of carbonyl (C=O) groups is 2. The third-order valence-electron chi connectivity index (χ3n) is 6.69. The van der Waals surface area contributed by atoms with Gasteiger partial charge >= 0.3 is 5.97 Å². The van der Waals surface area contributed by atoms with Crippen LogP contribution in [0.25, 0.3) is 11.1 Å². The second kappa shape index (κ2) is 14.1. The van der Waals surface area contributed by atoms with Crippen LogP contribution in [0.3, 0.4) is 0 Å². The largest absolute Gasteiger partial charge is 0.507 e. The first-order chi connectivity index (χ1) is 21.4. The lowest BCUT2D eigenvalue weighted by molar-refractivity contribution is -0.146. The standard InChI is InChI=1S/C36H28O7S/c37-32-22-29(15-17-30(32)35(40)26-9-5-2-6-10-26)43-23-34(39)42-20-19-41-28-16-18-31(33(38)21-28)36(44)27-13-11-25(12-14-27)24-7-3-1-4-8-24/h1-18,21-22,37-38H,19-20,23H2. The Morgan fingerprint density at radius 2 is 1.16 bits per heavy atom. The van der Waals surface area contributed by atoms with Crippen LogP contribution in [0.4, 0.5) is 0 Å². The van der Waals surface area contributed by atoms with Crippen LogP contribution in [0.1, 0.15) is 27.0 Å². The van der Waals surface area contributed by atoms with Crippen molar-refractivity contribution in [1.29, 1.82) is 0 Å². The summed E-state index contributed by atoms with van der Waals surface area (Å²) in [6.45, 7) is -0.398. The smallest absolute Gasteiger partial charge is 0.344 e. The highest BCUT2D eigenvalue weighted by Gasteiger charge is 2.15. The number of hydrogen-bond acceptors (Lipinski definition) is 8. The first-order valence-corrected chi connectivity index (χ1v) is 14.2. The van der Waals surface area contributed by atoms with Gasteiger partial charge in [-0.1, -0.05) is 97.1 Å². The molecular weight excluding hydrogens is 576 g/mol. The van der Waals surface area contributed by atoms with E-state index in [-0.39, 0.29) is 41.8 Å². The second-order valence-electron chi connectivity index (χ2n) is 9.68. The summed E-state index contributed by atoms with van der Waals surface area (Å²) in [6, 6.07) is 35.5. The quantitative estimate of drug-likeness (QED) is 0.0697. The number of rotatable bonds is 12. The van der Waals surface area contributed by atoms with Crippen LogP contribution in [0.5, 0.6) is 23.0 Å². The monoisotopic (exact) mass is 604 g/mol. The molecule has 0 amide bonds. The highest BCUT2D eigenvalue weighted by Crippen LogP contribution is 2.28. The van der Waals surface area contributed by atoms with Gasteiger partial charge in [-0.25, -0.2) is 4.79 Å². The molecule has 0 atom stereocenters. The molecule has 5 aromatic rings. The molecule has 0 bridgehead atoms. The summed E-state index contributed by atoms with van der Waals surface area (Å²) in [5.41, 5.74) is 4.07. The number of hydrogen-bond donors (Lipinski definition) is 2. The van der Waals surface area contributed by atoms with Crippen molar-refractivity contribution in [3.63, 3.8) is 0 Å². The molecule has 44 heavy (non-hydrogen) atoms. The zero-order valence-electron chi connectivity index (χ0n) is 23.5. The van der Waals surface area contributed by atoms with Crippen molar-refractivity contribution in [3.05, 3.63) is 144 Å². The minimum atomic E-state index is -0.639. The van der Waals surface area contributed by atoms with Crippen LogP contribution in [0.15, 0.2) is 121 Å². The highest BCUT2D eigenvalue weighted by atomic mass is 32.1. The molecule has 0 saturated heterocycles. The molecule has 5 aromatic carbocycles. The molecule has 0 aromatic heterocycles. The summed E-state index contributed by atoms with van der Waals surface area (Å²) < 4.78 is 16.1. The number of phenols is 2. The van der Waals surface area contributed by atoms with Crippen molar-refractivity contribution in [2.24, 2.45) is 0 Å². The fourth-order valence-electron chi connectivity index (χ4n) is 4.43. The van der Waals surface area contributed by atoms with E-state index in [1.165, 1.54) is 24.3 Å². The Balaban J connectivity index is 1.06. The number of esters is 1. The Morgan fingerprint density at radius 3 is 1.80 bits per heavy atom. The van der Waals surface area contributed by atoms with Gasteiger partial charge in [0.15, 0.2) is 12.4 Å². The van der Waals surface area contributed by atoms with Gasteiger partial charge < -0.3 is 24.4 Å². The van der Waals surface area contributed by atoms with Crippen LogP contribution in [0.2, 0.25) is 0 Å². The zero-order chi connectivity index (χ0) is 30.9. The molecule has 0 aliphatic carbocycles. The number of phenolic OH excluding ortho intramolecular Hbond substituents is 2. The van der Waals surface area contributed by atoms with E-state index in [4.69, 9.17) is 26.4 Å². The van der Waals surface area contributed by atoms with Gasteiger partial charge in [-0.2, -0.15) is 0 Å². The van der Waals surface area contributed by atoms with Gasteiger partial charge in [0.1, 0.15) is 36.2 Å². The molecule has 0 unspecified atom stereocenters. The van der Waals surface area contributed by atoms with Crippen molar-refractivity contribution < 1.29 is 34.0 Å². The average molecular weight is 605 g/mol. The zero-order valence-corrected chi connectivity index (χ0v) is 24.3. The van der Waals surface area contributed by atoms with Crippen LogP contribution in [-0.2, 0) is 9.53 Å². The van der Waals surface area contributed by atoms with E-state index in [0.717, 1.165) is 16.7 Å². The van der Waals surface area contributed by atoms with E-state index in [9.17, 15) is 19.8 Å². The minimum Gasteiger partial charge on any atom is -0.507 e. The summed E-state index contributed by atoms with van der Waals surface area (Å²) in [5.74, 6) is -0.644. The fourth-order valence-corrected chi connectivity index (χ4v) is 4.74. The van der Waals surface area contributed by atoms with E-state index in [0.29, 0.717) is 21.7 Å². The van der Waals surface area contributed by atoms with Gasteiger partial charge in [0, 0.05) is 23.3 Å². The van der Waals surface area contributed by atoms with E-state index in [2.05, 4.69) is 0 Å². The van der Waals surface area contributed by atoms with E-state index in [1.54, 1.807) is 42.5 Å². The maximum Gasteiger partial charge on any atom is 0.344 e. The third kappa shape index (κ3) is 7.48. The van der Waals surface area contributed by atoms with E-state index in [1.807, 2.05) is 54.6 Å². The Labute approximate surface area is 259 Å². The summed E-state index contributed by atoms with van der Waals surface area (Å²) in [6.07, 6.45) is 0. The van der Waals surface area contributed by atoms with Gasteiger partial charge in [-0.3, -0.25) is 4.79 Å². The maximum atomic E-state index is 12.6. The van der Waals surface area contributed by atoms with Crippen molar-refractivity contribution >= 4 is 28.8 Å². The molecule has 5 rings (SSSR count). The topological polar surface area (TPSA) is 102 Å². The lowest BCUT2D eigenvalue weighted by Gasteiger charge is -2.12. The molecular formula is C36H28O7S. The number of ether oxygens (including phenoxy) is 3. The molecule has 0 aliphatic rings. The maximum absolute atomic E-state index is 12.6. The fraction of sp³-hybridized carbons (Fsp3) is 0.0833. The van der Waals surface area contributed by atoms with Gasteiger partial charge in [-0.15, -0.1) is 0 Å². The van der Waals surface area contributed by atoms with Crippen molar-refractivity contribution in [2.45, 2.75) is 0 Å². The Morgan fingerprint density at radius 1 is 0.591 bits per heavy atom. The molecule has 0 spiro atoms. The molecule has 8 heteroatoms. The summed E-state index contributed by atoms with van der Waals surface area (Å²) >= 11 is 5.62. The third-order valence-corrected chi connectivity index (χ3v) is 7.15. The molecule has 0 aliphatic heterocycles. The Kier molecular flexibility index (Phi) is 9.64. The number of benzene rings is 5. The molecule has 7 nitrogen and oxygen atoms in total. The van der Waals surface area contributed by atoms with Gasteiger partial charge in [0.05, 0.1) is 10.4 Å². The molecule has 0 heterocycles. The molecule has 0 radical (unpaired) electrons. The number of carbonyl (C=O) groups excluding carboxylic acids is 2. The molecule has 2 N–H and O–H groups in total. The van der Waals surface area contributed by atoms with Crippen LogP contribution in [0, 0.1) is 0 Å². The first-order valence-electron chi connectivity index (χ1n) is 13.8. The predicted octanol–water partition coefficient (Wildman–Crippen LogP) is 6.76. The van der Waals surface area contributed by atoms with Crippen molar-refractivity contribution in [2.75, 3.05) is 19.8 Å². The normalized spacial score (nSPS) is 10.5. The Hall–Kier alpha value is -5.47. The highest BCUT2D eigenvalue weighted by molar-refractivity contribution is 7.81. The average Bonchev–Trinajstić information content (AvgIpc) is 3.06. The van der Waals surface area contributed by atoms with Gasteiger partial charge in [0.25, 0.3) is 0 Å². The van der Waals surface area contributed by atoms with Crippen molar-refractivity contribution in [1.82, 2.24) is 0 Å². The van der Waals surface area contributed by atoms with E-state index < -0.39 is 12.6 Å². The molecule has 0 fully saturated rings. The van der Waals surface area contributed by atoms with Gasteiger partial charge in [0.2, 0.25) is 0 Å². The lowest BCUT2D eigenvalue weighted by atomic mass is 9.99. The van der Waals surface area contributed by atoms with Gasteiger partial charge in [-0.05, 0) is 41.0 Å². The minimum absolute atomic E-state index is 0.0234. The summed E-state index contributed by atoms with van der Waals surface area (Å²) in [7, 11) is 0. The van der Waals surface area contributed by atoms with Crippen LogP contribution < -0.4 is 9.47 Å². The van der Waals surface area contributed by atoms with Crippen molar-refractivity contribution in [3.8, 4) is 34.1 Å². The van der Waals surface area contributed by atoms with Crippen LogP contribution >= 0.6 is 12.2 Å². The predicted molar refractivity (Wildman–Crippen MR) is 171 cm³/mol. The SMILES string of the molecule is O=C(COc1ccc(C(=O)c2ccccc2)c(O)c1)OCCOc1ccc(C(=S)c2ccc(-c3ccccc3)cc2)c(O)c1. The number of aromatic hydroxyl groups is 2. The number of ketones is 1. The molecule has 220 valence electrons. The summed E-state index contributed by atoms with van der Waals surface area (Å²) in [4.78, 5) is 25.2. The molecule has 0 saturated carbocycles. The summed E-state index contributed by atoms with van der Waals surface area (Å²) in [5, 5.41) is 20.9. The second-order valence-corrected chi connectivity index (χ2v) is 10.1. The number of thiocarbonyl (C=S) groups is 1.